The van der Waals surface area contributed by atoms with Crippen molar-refractivity contribution in [2.45, 2.75) is 103 Å². The minimum Gasteiger partial charge on any atom is -0.396 e. The zero-order valence-corrected chi connectivity index (χ0v) is 24.2. The van der Waals surface area contributed by atoms with Gasteiger partial charge in [0.05, 0.1) is 0 Å². The van der Waals surface area contributed by atoms with Gasteiger partial charge >= 0.3 is 0 Å². The Balaban J connectivity index is 2.27. The van der Waals surface area contributed by atoms with E-state index in [1.165, 1.54) is 33.4 Å². The molecule has 3 aromatic rings. The number of aliphatic hydroxyl groups is 1. The van der Waals surface area contributed by atoms with Crippen LogP contribution in [0.5, 0.6) is 0 Å². The monoisotopic (exact) mass is 484 g/mol. The molecule has 0 spiro atoms. The maximum Gasteiger partial charge on any atom is 0.0451 e. The fourth-order valence-electron chi connectivity index (χ4n) is 5.20. The van der Waals surface area contributed by atoms with Crippen LogP contribution in [0.3, 0.4) is 0 Å². The van der Waals surface area contributed by atoms with Crippen LogP contribution in [0, 0.1) is 0 Å². The van der Waals surface area contributed by atoms with Gasteiger partial charge < -0.3 is 5.11 Å². The molecule has 0 radical (unpaired) electrons. The van der Waals surface area contributed by atoms with Crippen molar-refractivity contribution in [3.63, 3.8) is 0 Å². The highest BCUT2D eigenvalue weighted by molar-refractivity contribution is 5.52. The largest absolute Gasteiger partial charge is 0.396 e. The molecule has 3 aromatic carbocycles. The molecule has 1 heteroatoms. The first-order valence-electron chi connectivity index (χ1n) is 13.6. The van der Waals surface area contributed by atoms with Crippen molar-refractivity contribution >= 4 is 0 Å². The van der Waals surface area contributed by atoms with Crippen molar-refractivity contribution in [2.24, 2.45) is 0 Å². The molecule has 0 unspecified atom stereocenters. The van der Waals surface area contributed by atoms with Crippen molar-refractivity contribution in [2.75, 3.05) is 6.61 Å². The summed E-state index contributed by atoms with van der Waals surface area (Å²) in [5, 5.41) is 9.65. The predicted octanol–water partition coefficient (Wildman–Crippen LogP) is 9.08. The van der Waals surface area contributed by atoms with E-state index in [9.17, 15) is 5.11 Å². The Morgan fingerprint density at radius 3 is 0.889 bits per heavy atom. The van der Waals surface area contributed by atoms with Crippen LogP contribution in [-0.2, 0) is 21.7 Å². The molecule has 0 saturated heterocycles. The lowest BCUT2D eigenvalue weighted by atomic mass is 9.65. The van der Waals surface area contributed by atoms with E-state index in [-0.39, 0.29) is 28.3 Å². The summed E-state index contributed by atoms with van der Waals surface area (Å²) in [5.74, 6) is 0. The van der Waals surface area contributed by atoms with E-state index in [0.29, 0.717) is 0 Å². The Morgan fingerprint density at radius 1 is 0.417 bits per heavy atom. The van der Waals surface area contributed by atoms with Crippen LogP contribution in [0.1, 0.15) is 115 Å². The molecule has 0 heterocycles. The highest BCUT2D eigenvalue weighted by Gasteiger charge is 2.36. The Morgan fingerprint density at radius 2 is 0.667 bits per heavy atom. The van der Waals surface area contributed by atoms with Gasteiger partial charge in [-0.1, -0.05) is 135 Å². The van der Waals surface area contributed by atoms with Crippen LogP contribution in [0.15, 0.2) is 72.8 Å². The standard InChI is InChI=1S/C35H48O/c1-32(2,3)26-12-18-29(19-13-26)35(24-10-11-25-36,30-20-14-27(15-21-30)33(4,5)6)31-22-16-28(17-23-31)34(7,8)9/h12-23,36H,10-11,24-25H2,1-9H3. The van der Waals surface area contributed by atoms with Crippen LogP contribution in [0.2, 0.25) is 0 Å². The smallest absolute Gasteiger partial charge is 0.0451 e. The van der Waals surface area contributed by atoms with Crippen LogP contribution in [-0.4, -0.2) is 11.7 Å². The Hall–Kier alpha value is -2.38. The Kier molecular flexibility index (Phi) is 8.26. The van der Waals surface area contributed by atoms with Gasteiger partial charge in [-0.2, -0.15) is 0 Å². The number of benzene rings is 3. The second-order valence-electron chi connectivity index (χ2n) is 13.6. The third kappa shape index (κ3) is 6.12. The fourth-order valence-corrected chi connectivity index (χ4v) is 5.20. The fraction of sp³-hybridized carbons (Fsp3) is 0.486. The van der Waals surface area contributed by atoms with E-state index < -0.39 is 0 Å². The summed E-state index contributed by atoms with van der Waals surface area (Å²) in [7, 11) is 0. The Bertz CT molecular complexity index is 957. The molecule has 1 N–H and O–H groups in total. The summed E-state index contributed by atoms with van der Waals surface area (Å²) in [5.41, 5.74) is 8.06. The highest BCUT2D eigenvalue weighted by Crippen LogP contribution is 2.45. The van der Waals surface area contributed by atoms with E-state index in [0.717, 1.165) is 19.3 Å². The van der Waals surface area contributed by atoms with E-state index in [1.54, 1.807) is 0 Å². The van der Waals surface area contributed by atoms with Gasteiger partial charge in [0.1, 0.15) is 0 Å². The molecule has 194 valence electrons. The average molecular weight is 485 g/mol. The first kappa shape index (κ1) is 28.2. The quantitative estimate of drug-likeness (QED) is 0.262. The van der Waals surface area contributed by atoms with Gasteiger partial charge in [0, 0.05) is 12.0 Å². The minimum atomic E-state index is -0.279. The van der Waals surface area contributed by atoms with E-state index in [2.05, 4.69) is 135 Å². The topological polar surface area (TPSA) is 20.2 Å². The summed E-state index contributed by atoms with van der Waals surface area (Å²) in [4.78, 5) is 0. The molecule has 0 atom stereocenters. The predicted molar refractivity (Wildman–Crippen MR) is 156 cm³/mol. The number of rotatable bonds is 7. The summed E-state index contributed by atoms with van der Waals surface area (Å²) in [6.07, 6.45) is 2.72. The van der Waals surface area contributed by atoms with E-state index in [4.69, 9.17) is 0 Å². The number of hydrogen-bond donors (Lipinski definition) is 1. The van der Waals surface area contributed by atoms with Gasteiger partial charge in [-0.15, -0.1) is 0 Å². The molecule has 0 bridgehead atoms. The molecular weight excluding hydrogens is 436 g/mol. The molecule has 0 aliphatic rings. The third-order valence-electron chi connectivity index (χ3n) is 7.69. The first-order chi connectivity index (χ1) is 16.7. The molecule has 0 aliphatic carbocycles. The molecule has 3 rings (SSSR count). The minimum absolute atomic E-state index is 0.112. The molecule has 0 amide bonds. The number of hydrogen-bond acceptors (Lipinski definition) is 1. The SMILES string of the molecule is CC(C)(C)c1ccc(C(CCCCO)(c2ccc(C(C)(C)C)cc2)c2ccc(C(C)(C)C)cc2)cc1. The van der Waals surface area contributed by atoms with Crippen molar-refractivity contribution in [3.05, 3.63) is 106 Å². The van der Waals surface area contributed by atoms with Gasteiger partial charge in [-0.3, -0.25) is 0 Å². The molecular formula is C35H48O. The first-order valence-corrected chi connectivity index (χ1v) is 13.6. The lowest BCUT2D eigenvalue weighted by Crippen LogP contribution is -2.30. The van der Waals surface area contributed by atoms with Crippen molar-refractivity contribution in [1.82, 2.24) is 0 Å². The van der Waals surface area contributed by atoms with Crippen molar-refractivity contribution in [3.8, 4) is 0 Å². The zero-order valence-electron chi connectivity index (χ0n) is 24.2. The van der Waals surface area contributed by atoms with Gasteiger partial charge in [0.2, 0.25) is 0 Å². The molecule has 0 saturated carbocycles. The van der Waals surface area contributed by atoms with Crippen LogP contribution in [0.4, 0.5) is 0 Å². The van der Waals surface area contributed by atoms with E-state index in [1.807, 2.05) is 0 Å². The van der Waals surface area contributed by atoms with E-state index >= 15 is 0 Å². The molecule has 36 heavy (non-hydrogen) atoms. The number of unbranched alkanes of at least 4 members (excludes halogenated alkanes) is 1. The number of aliphatic hydroxyl groups excluding tert-OH is 1. The van der Waals surface area contributed by atoms with Crippen LogP contribution < -0.4 is 0 Å². The molecule has 0 fully saturated rings. The highest BCUT2D eigenvalue weighted by atomic mass is 16.2. The Labute approximate surface area is 221 Å². The molecule has 0 aromatic heterocycles. The van der Waals surface area contributed by atoms with Crippen LogP contribution in [0.25, 0.3) is 0 Å². The lowest BCUT2D eigenvalue weighted by Gasteiger charge is -2.37. The summed E-state index contributed by atoms with van der Waals surface area (Å²) < 4.78 is 0. The summed E-state index contributed by atoms with van der Waals surface area (Å²) >= 11 is 0. The maximum atomic E-state index is 9.65. The molecule has 0 aliphatic heterocycles. The second-order valence-corrected chi connectivity index (χ2v) is 13.6. The van der Waals surface area contributed by atoms with Crippen LogP contribution >= 0.6 is 0 Å². The zero-order chi connectivity index (χ0) is 26.8. The van der Waals surface area contributed by atoms with Gasteiger partial charge in [-0.25, -0.2) is 0 Å². The lowest BCUT2D eigenvalue weighted by molar-refractivity contribution is 0.279. The maximum absolute atomic E-state index is 9.65. The summed E-state index contributed by atoms with van der Waals surface area (Å²) in [6.45, 7) is 20.7. The summed E-state index contributed by atoms with van der Waals surface area (Å²) in [6, 6.07) is 27.9. The average Bonchev–Trinajstić information content (AvgIpc) is 2.81. The normalized spacial score (nSPS) is 13.2. The molecule has 1 nitrogen and oxygen atoms in total. The van der Waals surface area contributed by atoms with Gasteiger partial charge in [-0.05, 0) is 68.9 Å². The van der Waals surface area contributed by atoms with Crippen molar-refractivity contribution < 1.29 is 5.11 Å². The van der Waals surface area contributed by atoms with Gasteiger partial charge in [0.15, 0.2) is 0 Å². The van der Waals surface area contributed by atoms with Gasteiger partial charge in [0.25, 0.3) is 0 Å². The second kappa shape index (κ2) is 10.5. The third-order valence-corrected chi connectivity index (χ3v) is 7.69. The van der Waals surface area contributed by atoms with Crippen molar-refractivity contribution in [1.29, 1.82) is 0 Å².